The highest BCUT2D eigenvalue weighted by molar-refractivity contribution is 7.20. The second kappa shape index (κ2) is 5.71. The molecule has 0 bridgehead atoms. The van der Waals surface area contributed by atoms with Crippen LogP contribution in [0.4, 0.5) is 0 Å². The summed E-state index contributed by atoms with van der Waals surface area (Å²) in [5, 5.41) is 11.4. The number of carbonyl (C=O) groups excluding carboxylic acids is 1. The predicted molar refractivity (Wildman–Crippen MR) is 68.1 cm³/mol. The standard InChI is InChI=1S/C10H11Cl2NO3S/c1-4(2)7(10(15)16)13-9(14)5-3-6(11)17-8(5)12/h3-4,7H,1-2H3,(H,13,14)(H,15,16). The summed E-state index contributed by atoms with van der Waals surface area (Å²) in [6.45, 7) is 3.42. The van der Waals surface area contributed by atoms with Crippen molar-refractivity contribution < 1.29 is 14.7 Å². The van der Waals surface area contributed by atoms with Crippen LogP contribution in [0, 0.1) is 5.92 Å². The molecule has 0 fully saturated rings. The number of carboxylic acid groups (broad SMARTS) is 1. The van der Waals surface area contributed by atoms with Crippen molar-refractivity contribution in [3.8, 4) is 0 Å². The molecule has 1 rings (SSSR count). The van der Waals surface area contributed by atoms with Gasteiger partial charge in [-0.1, -0.05) is 37.0 Å². The van der Waals surface area contributed by atoms with Crippen LogP contribution in [0.1, 0.15) is 24.2 Å². The van der Waals surface area contributed by atoms with E-state index in [1.165, 1.54) is 6.07 Å². The van der Waals surface area contributed by atoms with Gasteiger partial charge in [0.05, 0.1) is 9.90 Å². The average molecular weight is 296 g/mol. The normalized spacial score (nSPS) is 12.5. The Bertz CT molecular complexity index is 445. The Labute approximate surface area is 113 Å². The van der Waals surface area contributed by atoms with Gasteiger partial charge in [0.25, 0.3) is 5.91 Å². The summed E-state index contributed by atoms with van der Waals surface area (Å²) in [6, 6.07) is 0.473. The Kier molecular flexibility index (Phi) is 4.80. The lowest BCUT2D eigenvalue weighted by Gasteiger charge is -2.17. The number of rotatable bonds is 4. The van der Waals surface area contributed by atoms with Gasteiger partial charge < -0.3 is 10.4 Å². The van der Waals surface area contributed by atoms with Crippen molar-refractivity contribution in [1.82, 2.24) is 5.32 Å². The molecule has 0 saturated carbocycles. The van der Waals surface area contributed by atoms with Gasteiger partial charge in [0, 0.05) is 0 Å². The SMILES string of the molecule is CC(C)C(NC(=O)c1cc(Cl)sc1Cl)C(=O)O. The van der Waals surface area contributed by atoms with Crippen LogP contribution in [0.25, 0.3) is 0 Å². The zero-order valence-electron chi connectivity index (χ0n) is 9.16. The van der Waals surface area contributed by atoms with Crippen molar-refractivity contribution in [3.05, 3.63) is 20.3 Å². The maximum atomic E-state index is 11.8. The molecule has 1 atom stereocenters. The van der Waals surface area contributed by atoms with Gasteiger partial charge in [-0.15, -0.1) is 11.3 Å². The summed E-state index contributed by atoms with van der Waals surface area (Å²) in [7, 11) is 0. The van der Waals surface area contributed by atoms with Crippen LogP contribution in [0.3, 0.4) is 0 Å². The van der Waals surface area contributed by atoms with E-state index in [0.717, 1.165) is 11.3 Å². The van der Waals surface area contributed by atoms with E-state index in [-0.39, 0.29) is 15.8 Å². The number of nitrogens with one attached hydrogen (secondary N) is 1. The molecule has 1 unspecified atom stereocenters. The number of carboxylic acids is 1. The van der Waals surface area contributed by atoms with E-state index in [2.05, 4.69) is 5.32 Å². The van der Waals surface area contributed by atoms with Crippen LogP contribution in [0.5, 0.6) is 0 Å². The van der Waals surface area contributed by atoms with Crippen LogP contribution in [0.2, 0.25) is 8.67 Å². The lowest BCUT2D eigenvalue weighted by molar-refractivity contribution is -0.140. The van der Waals surface area contributed by atoms with E-state index in [1.54, 1.807) is 13.8 Å². The fourth-order valence-corrected chi connectivity index (χ4v) is 2.69. The Morgan fingerprint density at radius 3 is 2.35 bits per heavy atom. The number of amides is 1. The highest BCUT2D eigenvalue weighted by Crippen LogP contribution is 2.31. The minimum atomic E-state index is -1.08. The summed E-state index contributed by atoms with van der Waals surface area (Å²) in [4.78, 5) is 22.7. The summed E-state index contributed by atoms with van der Waals surface area (Å²) < 4.78 is 0.636. The highest BCUT2D eigenvalue weighted by atomic mass is 35.5. The highest BCUT2D eigenvalue weighted by Gasteiger charge is 2.25. The number of hydrogen-bond donors (Lipinski definition) is 2. The molecule has 1 amide bonds. The van der Waals surface area contributed by atoms with E-state index in [4.69, 9.17) is 28.3 Å². The zero-order chi connectivity index (χ0) is 13.2. The molecule has 0 aliphatic heterocycles. The maximum absolute atomic E-state index is 11.8. The van der Waals surface area contributed by atoms with Gasteiger partial charge in [-0.05, 0) is 12.0 Å². The van der Waals surface area contributed by atoms with E-state index in [1.807, 2.05) is 0 Å². The molecule has 4 nitrogen and oxygen atoms in total. The lowest BCUT2D eigenvalue weighted by atomic mass is 10.0. The fraction of sp³-hybridized carbons (Fsp3) is 0.400. The molecule has 1 aromatic rings. The van der Waals surface area contributed by atoms with Crippen LogP contribution in [0.15, 0.2) is 6.07 Å². The molecule has 0 aromatic carbocycles. The number of carbonyl (C=O) groups is 2. The van der Waals surface area contributed by atoms with E-state index in [9.17, 15) is 9.59 Å². The van der Waals surface area contributed by atoms with Crippen LogP contribution in [-0.4, -0.2) is 23.0 Å². The first kappa shape index (κ1) is 14.3. The van der Waals surface area contributed by atoms with Gasteiger partial charge in [0.1, 0.15) is 10.4 Å². The summed E-state index contributed by atoms with van der Waals surface area (Å²) in [5.41, 5.74) is 0.202. The van der Waals surface area contributed by atoms with E-state index < -0.39 is 17.9 Å². The summed E-state index contributed by atoms with van der Waals surface area (Å²) in [5.74, 6) is -1.82. The number of halogens is 2. The van der Waals surface area contributed by atoms with Crippen molar-refractivity contribution in [2.75, 3.05) is 0 Å². The van der Waals surface area contributed by atoms with E-state index in [0.29, 0.717) is 4.34 Å². The van der Waals surface area contributed by atoms with Crippen LogP contribution in [-0.2, 0) is 4.79 Å². The Morgan fingerprint density at radius 2 is 2.00 bits per heavy atom. The van der Waals surface area contributed by atoms with E-state index >= 15 is 0 Å². The largest absolute Gasteiger partial charge is 0.480 e. The molecule has 94 valence electrons. The third kappa shape index (κ3) is 3.59. The smallest absolute Gasteiger partial charge is 0.326 e. The zero-order valence-corrected chi connectivity index (χ0v) is 11.5. The molecule has 1 heterocycles. The fourth-order valence-electron chi connectivity index (χ4n) is 1.23. The predicted octanol–water partition coefficient (Wildman–Crippen LogP) is 2.89. The molecule has 0 aliphatic carbocycles. The monoisotopic (exact) mass is 295 g/mol. The van der Waals surface area contributed by atoms with Gasteiger partial charge >= 0.3 is 5.97 Å². The summed E-state index contributed by atoms with van der Waals surface area (Å²) in [6.07, 6.45) is 0. The lowest BCUT2D eigenvalue weighted by Crippen LogP contribution is -2.44. The second-order valence-electron chi connectivity index (χ2n) is 3.77. The van der Waals surface area contributed by atoms with Crippen LogP contribution >= 0.6 is 34.5 Å². The molecular weight excluding hydrogens is 285 g/mol. The third-order valence-electron chi connectivity index (χ3n) is 2.12. The molecule has 0 radical (unpaired) electrons. The molecule has 2 N–H and O–H groups in total. The number of aliphatic carboxylic acids is 1. The quantitative estimate of drug-likeness (QED) is 0.897. The molecule has 1 aromatic heterocycles. The molecule has 7 heteroatoms. The maximum Gasteiger partial charge on any atom is 0.326 e. The molecular formula is C10H11Cl2NO3S. The molecule has 0 saturated heterocycles. The minimum absolute atomic E-state index is 0.202. The van der Waals surface area contributed by atoms with Crippen molar-refractivity contribution in [2.24, 2.45) is 5.92 Å². The Hall–Kier alpha value is -0.780. The first-order chi connectivity index (χ1) is 7.82. The van der Waals surface area contributed by atoms with Crippen LogP contribution < -0.4 is 5.32 Å². The van der Waals surface area contributed by atoms with Crippen molar-refractivity contribution in [2.45, 2.75) is 19.9 Å². The van der Waals surface area contributed by atoms with Gasteiger partial charge in [-0.2, -0.15) is 0 Å². The number of hydrogen-bond acceptors (Lipinski definition) is 3. The van der Waals surface area contributed by atoms with Crippen molar-refractivity contribution in [1.29, 1.82) is 0 Å². The molecule has 0 aliphatic rings. The van der Waals surface area contributed by atoms with Gasteiger partial charge in [-0.25, -0.2) is 4.79 Å². The van der Waals surface area contributed by atoms with Gasteiger partial charge in [0.15, 0.2) is 0 Å². The number of thiophene rings is 1. The molecule has 0 spiro atoms. The topological polar surface area (TPSA) is 66.4 Å². The summed E-state index contributed by atoms with van der Waals surface area (Å²) >= 11 is 12.6. The second-order valence-corrected chi connectivity index (χ2v) is 6.06. The Morgan fingerprint density at radius 1 is 1.41 bits per heavy atom. The molecule has 17 heavy (non-hydrogen) atoms. The van der Waals surface area contributed by atoms with Crippen molar-refractivity contribution >= 4 is 46.4 Å². The average Bonchev–Trinajstić information content (AvgIpc) is 2.53. The van der Waals surface area contributed by atoms with Gasteiger partial charge in [-0.3, -0.25) is 4.79 Å². The first-order valence-corrected chi connectivity index (χ1v) is 6.38. The van der Waals surface area contributed by atoms with Gasteiger partial charge in [0.2, 0.25) is 0 Å². The Balaban J connectivity index is 2.85. The first-order valence-electron chi connectivity index (χ1n) is 4.81. The minimum Gasteiger partial charge on any atom is -0.480 e. The third-order valence-corrected chi connectivity index (χ3v) is 3.61. The van der Waals surface area contributed by atoms with Crippen molar-refractivity contribution in [3.63, 3.8) is 0 Å².